The van der Waals surface area contributed by atoms with E-state index < -0.39 is 0 Å². The first-order valence-electron chi connectivity index (χ1n) is 7.75. The summed E-state index contributed by atoms with van der Waals surface area (Å²) in [6.07, 6.45) is 15.0. The van der Waals surface area contributed by atoms with Crippen LogP contribution < -0.4 is 5.32 Å². The molecule has 2 fully saturated rings. The Bertz CT molecular complexity index is 293. The summed E-state index contributed by atoms with van der Waals surface area (Å²) in [4.78, 5) is 2.50. The predicted octanol–water partition coefficient (Wildman–Crippen LogP) is 4.14. The topological polar surface area (TPSA) is 15.3 Å². The highest BCUT2D eigenvalue weighted by Crippen LogP contribution is 2.37. The normalized spacial score (nSPS) is 21.7. The second kappa shape index (κ2) is 9.78. The minimum Gasteiger partial charge on any atom is -0.370 e. The lowest BCUT2D eigenvalue weighted by Crippen LogP contribution is -2.44. The molecule has 0 aromatic heterocycles. The van der Waals surface area contributed by atoms with Gasteiger partial charge in [0.2, 0.25) is 0 Å². The fraction of sp³-hybridized carbons (Fsp3) is 0.765. The van der Waals surface area contributed by atoms with Crippen molar-refractivity contribution in [3.8, 4) is 12.3 Å². The Morgan fingerprint density at radius 2 is 1.84 bits per heavy atom. The summed E-state index contributed by atoms with van der Waals surface area (Å²) in [7, 11) is 2.26. The van der Waals surface area contributed by atoms with Gasteiger partial charge in [0, 0.05) is 13.6 Å². The molecule has 2 aliphatic rings. The molecule has 0 aromatic rings. The lowest BCUT2D eigenvalue weighted by atomic mass is 9.81. The molecule has 0 aromatic carbocycles. The molecule has 110 valence electrons. The van der Waals surface area contributed by atoms with Crippen LogP contribution in [-0.2, 0) is 0 Å². The molecular formula is C17H32N2. The van der Waals surface area contributed by atoms with Crippen molar-refractivity contribution in [1.29, 1.82) is 0 Å². The highest BCUT2D eigenvalue weighted by Gasteiger charge is 2.41. The summed E-state index contributed by atoms with van der Waals surface area (Å²) in [5, 5.41) is 3.55. The van der Waals surface area contributed by atoms with Crippen molar-refractivity contribution in [1.82, 2.24) is 10.2 Å². The van der Waals surface area contributed by atoms with E-state index in [-0.39, 0.29) is 0 Å². The summed E-state index contributed by atoms with van der Waals surface area (Å²) in [6.45, 7) is 9.02. The van der Waals surface area contributed by atoms with Gasteiger partial charge in [-0.2, -0.15) is 0 Å². The number of allylic oxidation sites excluding steroid dienone is 1. The van der Waals surface area contributed by atoms with Crippen molar-refractivity contribution in [2.45, 2.75) is 71.8 Å². The number of terminal acetylenes is 1. The Hall–Kier alpha value is -1.10. The number of likely N-dealkylation sites (N-methyl/N-ethyl adjacent to an activating group) is 1. The maximum atomic E-state index is 4.60. The van der Waals surface area contributed by atoms with Gasteiger partial charge in [-0.1, -0.05) is 40.0 Å². The zero-order valence-electron chi connectivity index (χ0n) is 13.6. The average molecular weight is 264 g/mol. The lowest BCUT2D eigenvalue weighted by Gasteiger charge is -2.39. The van der Waals surface area contributed by atoms with E-state index in [1.807, 2.05) is 13.8 Å². The number of nitrogens with one attached hydrogen (secondary N) is 1. The predicted molar refractivity (Wildman–Crippen MR) is 85.8 cm³/mol. The number of rotatable bonds is 1. The highest BCUT2D eigenvalue weighted by molar-refractivity contribution is 5.13. The van der Waals surface area contributed by atoms with Gasteiger partial charge >= 0.3 is 0 Å². The third-order valence-corrected chi connectivity index (χ3v) is 3.85. The molecule has 1 spiro atoms. The Labute approximate surface area is 120 Å². The summed E-state index contributed by atoms with van der Waals surface area (Å²) < 4.78 is 0. The summed E-state index contributed by atoms with van der Waals surface area (Å²) in [5.74, 6) is 3.61. The maximum Gasteiger partial charge on any atom is 0.0975 e. The van der Waals surface area contributed by atoms with Crippen LogP contribution in [0.1, 0.15) is 66.2 Å². The summed E-state index contributed by atoms with van der Waals surface area (Å²) >= 11 is 0. The monoisotopic (exact) mass is 264 g/mol. The third kappa shape index (κ3) is 4.82. The summed E-state index contributed by atoms with van der Waals surface area (Å²) in [5.41, 5.74) is 0.458. The van der Waals surface area contributed by atoms with Gasteiger partial charge in [0.1, 0.15) is 0 Å². The fourth-order valence-electron chi connectivity index (χ4n) is 2.87. The van der Waals surface area contributed by atoms with E-state index >= 15 is 0 Å². The second-order valence-electron chi connectivity index (χ2n) is 4.98. The molecule has 2 heteroatoms. The van der Waals surface area contributed by atoms with Gasteiger partial charge in [-0.3, -0.25) is 0 Å². The number of nitrogens with zero attached hydrogens (tertiary/aromatic N) is 1. The van der Waals surface area contributed by atoms with Crippen LogP contribution >= 0.6 is 0 Å². The SMILES string of the molecule is C#CC.CC.CC/C=C1/NCC2(CCCCC2)N1C. The standard InChI is InChI=1S/C12H22N2.C3H4.C2H6/c1-3-7-11-13-10-12(14(11)2)8-5-4-6-9-12;1-3-2;1-2/h7,13H,3-6,8-10H2,1-2H3;1H,2H3;1-2H3/b11-7-;;. The van der Waals surface area contributed by atoms with Crippen molar-refractivity contribution < 1.29 is 0 Å². The van der Waals surface area contributed by atoms with Crippen molar-refractivity contribution in [3.63, 3.8) is 0 Å². The van der Waals surface area contributed by atoms with Gasteiger partial charge in [-0.15, -0.1) is 12.3 Å². The van der Waals surface area contributed by atoms with E-state index in [2.05, 4.69) is 42.6 Å². The molecule has 19 heavy (non-hydrogen) atoms. The molecule has 0 unspecified atom stereocenters. The van der Waals surface area contributed by atoms with Crippen LogP contribution in [0, 0.1) is 12.3 Å². The van der Waals surface area contributed by atoms with Gasteiger partial charge in [-0.05, 0) is 32.3 Å². The van der Waals surface area contributed by atoms with Gasteiger partial charge in [0.25, 0.3) is 0 Å². The quantitative estimate of drug-likeness (QED) is 0.716. The van der Waals surface area contributed by atoms with E-state index in [9.17, 15) is 0 Å². The third-order valence-electron chi connectivity index (χ3n) is 3.85. The number of hydrogen-bond acceptors (Lipinski definition) is 2. The molecule has 2 nitrogen and oxygen atoms in total. The second-order valence-corrected chi connectivity index (χ2v) is 4.98. The van der Waals surface area contributed by atoms with E-state index in [1.54, 1.807) is 6.92 Å². The van der Waals surface area contributed by atoms with Crippen LogP contribution in [0.15, 0.2) is 11.9 Å². The molecule has 1 saturated carbocycles. The Morgan fingerprint density at radius 1 is 1.32 bits per heavy atom. The number of hydrogen-bond donors (Lipinski definition) is 1. The fourth-order valence-corrected chi connectivity index (χ4v) is 2.87. The van der Waals surface area contributed by atoms with Crippen molar-refractivity contribution in [3.05, 3.63) is 11.9 Å². The smallest absolute Gasteiger partial charge is 0.0975 e. The van der Waals surface area contributed by atoms with Crippen molar-refractivity contribution in [2.24, 2.45) is 0 Å². The van der Waals surface area contributed by atoms with E-state index in [4.69, 9.17) is 0 Å². The van der Waals surface area contributed by atoms with Crippen LogP contribution in [0.25, 0.3) is 0 Å². The molecule has 0 atom stereocenters. The average Bonchev–Trinajstić information content (AvgIpc) is 2.73. The maximum absolute atomic E-state index is 4.60. The van der Waals surface area contributed by atoms with Crippen LogP contribution in [-0.4, -0.2) is 24.0 Å². The zero-order valence-corrected chi connectivity index (χ0v) is 13.6. The van der Waals surface area contributed by atoms with Gasteiger partial charge in [0.05, 0.1) is 11.4 Å². The van der Waals surface area contributed by atoms with Gasteiger partial charge < -0.3 is 10.2 Å². The molecule has 1 saturated heterocycles. The minimum absolute atomic E-state index is 0.458. The largest absolute Gasteiger partial charge is 0.370 e. The molecule has 1 heterocycles. The molecule has 2 rings (SSSR count). The first-order valence-corrected chi connectivity index (χ1v) is 7.75. The first-order chi connectivity index (χ1) is 9.20. The van der Waals surface area contributed by atoms with Crippen LogP contribution in [0.3, 0.4) is 0 Å². The Morgan fingerprint density at radius 3 is 2.32 bits per heavy atom. The summed E-state index contributed by atoms with van der Waals surface area (Å²) in [6, 6.07) is 0. The van der Waals surface area contributed by atoms with Crippen LogP contribution in [0.2, 0.25) is 0 Å². The van der Waals surface area contributed by atoms with Crippen molar-refractivity contribution >= 4 is 0 Å². The van der Waals surface area contributed by atoms with Gasteiger partial charge in [0.15, 0.2) is 0 Å². The Balaban J connectivity index is 0.000000573. The lowest BCUT2D eigenvalue weighted by molar-refractivity contribution is 0.151. The van der Waals surface area contributed by atoms with Crippen molar-refractivity contribution in [2.75, 3.05) is 13.6 Å². The van der Waals surface area contributed by atoms with E-state index in [0.717, 1.165) is 13.0 Å². The first kappa shape index (κ1) is 17.9. The van der Waals surface area contributed by atoms with E-state index in [0.29, 0.717) is 5.54 Å². The molecule has 1 N–H and O–H groups in total. The minimum atomic E-state index is 0.458. The molecule has 1 aliphatic carbocycles. The van der Waals surface area contributed by atoms with Crippen LogP contribution in [0.4, 0.5) is 0 Å². The molecule has 0 amide bonds. The molecular weight excluding hydrogens is 232 g/mol. The van der Waals surface area contributed by atoms with Gasteiger partial charge in [-0.25, -0.2) is 0 Å². The highest BCUT2D eigenvalue weighted by atomic mass is 15.3. The molecule has 0 bridgehead atoms. The van der Waals surface area contributed by atoms with E-state index in [1.165, 1.54) is 37.9 Å². The molecule has 1 aliphatic heterocycles. The molecule has 0 radical (unpaired) electrons. The Kier molecular flexibility index (Phi) is 9.21. The zero-order chi connectivity index (χ0) is 14.7. The van der Waals surface area contributed by atoms with Crippen LogP contribution in [0.5, 0.6) is 0 Å².